The minimum Gasteiger partial charge on any atom is -0.274 e. The highest BCUT2D eigenvalue weighted by Gasteiger charge is 2.34. The van der Waals surface area contributed by atoms with E-state index >= 15 is 0 Å². The molecule has 0 radical (unpaired) electrons. The van der Waals surface area contributed by atoms with Crippen molar-refractivity contribution in [3.05, 3.63) is 47.0 Å². The maximum atomic E-state index is 12.2. The largest absolute Gasteiger partial charge is 0.274 e. The lowest BCUT2D eigenvalue weighted by Crippen LogP contribution is -2.30. The first-order valence-electron chi connectivity index (χ1n) is 8.05. The lowest BCUT2D eigenvalue weighted by atomic mass is 9.98. The predicted octanol–water partition coefficient (Wildman–Crippen LogP) is 3.86. The van der Waals surface area contributed by atoms with Crippen LogP contribution in [0.2, 0.25) is 5.02 Å². The molecule has 1 saturated heterocycles. The van der Waals surface area contributed by atoms with Crippen molar-refractivity contribution < 1.29 is 9.59 Å². The number of imide groups is 1. The van der Waals surface area contributed by atoms with Gasteiger partial charge in [0.1, 0.15) is 11.3 Å². The summed E-state index contributed by atoms with van der Waals surface area (Å²) in [6, 6.07) is 11.5. The number of carbonyl (C=O) groups excluding carboxylic acids is 2. The van der Waals surface area contributed by atoms with Crippen molar-refractivity contribution in [2.24, 2.45) is 7.05 Å². The van der Waals surface area contributed by atoms with Crippen LogP contribution in [0.4, 0.5) is 5.82 Å². The average Bonchev–Trinajstić information content (AvgIpc) is 3.06. The third-order valence-electron chi connectivity index (χ3n) is 4.58. The van der Waals surface area contributed by atoms with Gasteiger partial charge < -0.3 is 0 Å². The van der Waals surface area contributed by atoms with Crippen LogP contribution >= 0.6 is 11.6 Å². The molecule has 2 aromatic carbocycles. The van der Waals surface area contributed by atoms with Crippen LogP contribution in [0, 0.1) is 6.92 Å². The Bertz CT molecular complexity index is 1020. The van der Waals surface area contributed by atoms with Crippen molar-refractivity contribution in [1.29, 1.82) is 0 Å². The molecule has 126 valence electrons. The second-order valence-electron chi connectivity index (χ2n) is 6.23. The van der Waals surface area contributed by atoms with Crippen LogP contribution in [0.25, 0.3) is 22.0 Å². The molecule has 0 spiro atoms. The molecule has 0 saturated carbocycles. The van der Waals surface area contributed by atoms with E-state index in [2.05, 4.69) is 5.10 Å². The third-order valence-corrected chi connectivity index (χ3v) is 4.81. The Morgan fingerprint density at radius 3 is 2.44 bits per heavy atom. The second-order valence-corrected chi connectivity index (χ2v) is 6.67. The van der Waals surface area contributed by atoms with E-state index in [1.807, 2.05) is 43.3 Å². The molecule has 1 aliphatic heterocycles. The van der Waals surface area contributed by atoms with Crippen molar-refractivity contribution in [2.45, 2.75) is 19.8 Å². The normalized spacial score (nSPS) is 14.8. The molecule has 3 aromatic rings. The zero-order chi connectivity index (χ0) is 17.7. The van der Waals surface area contributed by atoms with Crippen LogP contribution in [-0.4, -0.2) is 21.6 Å². The van der Waals surface area contributed by atoms with Crippen LogP contribution in [0.1, 0.15) is 18.4 Å². The maximum absolute atomic E-state index is 12.2. The van der Waals surface area contributed by atoms with Crippen LogP contribution in [0.15, 0.2) is 36.4 Å². The molecule has 0 aliphatic carbocycles. The Labute approximate surface area is 149 Å². The Morgan fingerprint density at radius 1 is 1.04 bits per heavy atom. The topological polar surface area (TPSA) is 55.2 Å². The molecule has 0 N–H and O–H groups in total. The molecule has 25 heavy (non-hydrogen) atoms. The molecular weight excluding hydrogens is 338 g/mol. The quantitative estimate of drug-likeness (QED) is 0.657. The maximum Gasteiger partial charge on any atom is 0.235 e. The summed E-state index contributed by atoms with van der Waals surface area (Å²) in [7, 11) is 1.76. The van der Waals surface area contributed by atoms with Gasteiger partial charge in [0.2, 0.25) is 11.8 Å². The van der Waals surface area contributed by atoms with Crippen LogP contribution in [-0.2, 0) is 16.6 Å². The molecule has 2 amide bonds. The molecule has 6 heteroatoms. The fourth-order valence-electron chi connectivity index (χ4n) is 3.43. The van der Waals surface area contributed by atoms with E-state index in [4.69, 9.17) is 11.6 Å². The fourth-order valence-corrected chi connectivity index (χ4v) is 3.65. The van der Waals surface area contributed by atoms with Crippen molar-refractivity contribution in [3.63, 3.8) is 0 Å². The summed E-state index contributed by atoms with van der Waals surface area (Å²) >= 11 is 6.07. The van der Waals surface area contributed by atoms with Crippen molar-refractivity contribution in [2.75, 3.05) is 4.90 Å². The first kappa shape index (κ1) is 15.8. The Morgan fingerprint density at radius 2 is 1.76 bits per heavy atom. The minimum atomic E-state index is -0.178. The van der Waals surface area contributed by atoms with E-state index in [0.717, 1.165) is 27.6 Å². The Balaban J connectivity index is 1.97. The number of amides is 2. The van der Waals surface area contributed by atoms with Gasteiger partial charge in [-0.2, -0.15) is 5.10 Å². The van der Waals surface area contributed by atoms with E-state index in [1.54, 1.807) is 11.7 Å². The summed E-state index contributed by atoms with van der Waals surface area (Å²) in [4.78, 5) is 25.6. The number of fused-ring (bicyclic) bond motifs is 1. The highest BCUT2D eigenvalue weighted by atomic mass is 35.5. The molecule has 5 nitrogen and oxygen atoms in total. The average molecular weight is 354 g/mol. The summed E-state index contributed by atoms with van der Waals surface area (Å²) < 4.78 is 1.61. The molecule has 1 aromatic heterocycles. The third kappa shape index (κ3) is 2.43. The number of hydrogen-bond acceptors (Lipinski definition) is 3. The number of anilines is 1. The SMILES string of the molecule is Cc1cc(Cl)ccc1-c1cccc2c(N3C(=O)CCC3=O)n(C)nc12. The fraction of sp³-hybridized carbons (Fsp3) is 0.211. The molecule has 4 rings (SSSR count). The summed E-state index contributed by atoms with van der Waals surface area (Å²) in [5, 5.41) is 6.08. The van der Waals surface area contributed by atoms with E-state index in [-0.39, 0.29) is 24.7 Å². The predicted molar refractivity (Wildman–Crippen MR) is 97.6 cm³/mol. The Kier molecular flexibility index (Phi) is 3.62. The van der Waals surface area contributed by atoms with E-state index in [1.165, 1.54) is 4.90 Å². The van der Waals surface area contributed by atoms with Crippen molar-refractivity contribution in [1.82, 2.24) is 9.78 Å². The molecule has 1 fully saturated rings. The molecular formula is C19H16ClN3O2. The number of aryl methyl sites for hydroxylation is 2. The van der Waals surface area contributed by atoms with E-state index in [0.29, 0.717) is 10.8 Å². The van der Waals surface area contributed by atoms with E-state index < -0.39 is 0 Å². The number of nitrogens with zero attached hydrogens (tertiary/aromatic N) is 3. The molecule has 1 aliphatic rings. The second kappa shape index (κ2) is 5.70. The Hall–Kier alpha value is -2.66. The van der Waals surface area contributed by atoms with Crippen LogP contribution in [0.3, 0.4) is 0 Å². The first-order chi connectivity index (χ1) is 12.0. The van der Waals surface area contributed by atoms with Gasteiger partial charge in [-0.15, -0.1) is 0 Å². The number of benzene rings is 2. The standard InChI is InChI=1S/C19H16ClN3O2/c1-11-10-12(20)6-7-13(11)14-4-3-5-15-18(14)21-22(2)19(15)23-16(24)8-9-17(23)25/h3-7,10H,8-9H2,1-2H3. The van der Waals surface area contributed by atoms with Gasteiger partial charge in [-0.3, -0.25) is 14.3 Å². The highest BCUT2D eigenvalue weighted by molar-refractivity contribution is 6.30. The smallest absolute Gasteiger partial charge is 0.235 e. The van der Waals surface area contributed by atoms with E-state index in [9.17, 15) is 9.59 Å². The van der Waals surface area contributed by atoms with Gasteiger partial charge in [-0.25, -0.2) is 4.90 Å². The van der Waals surface area contributed by atoms with Gasteiger partial charge in [-0.05, 0) is 36.2 Å². The van der Waals surface area contributed by atoms with Gasteiger partial charge in [0.05, 0.1) is 0 Å². The summed E-state index contributed by atoms with van der Waals surface area (Å²) in [6.07, 6.45) is 0.503. The van der Waals surface area contributed by atoms with Gasteiger partial charge in [0.25, 0.3) is 0 Å². The zero-order valence-electron chi connectivity index (χ0n) is 13.9. The van der Waals surface area contributed by atoms with Gasteiger partial charge >= 0.3 is 0 Å². The monoisotopic (exact) mass is 353 g/mol. The number of aromatic nitrogens is 2. The number of rotatable bonds is 2. The number of halogens is 1. The summed E-state index contributed by atoms with van der Waals surface area (Å²) in [5.74, 6) is 0.182. The lowest BCUT2D eigenvalue weighted by molar-refractivity contribution is -0.121. The molecule has 0 bridgehead atoms. The van der Waals surface area contributed by atoms with Gasteiger partial charge in [0, 0.05) is 35.9 Å². The van der Waals surface area contributed by atoms with Crippen molar-refractivity contribution in [3.8, 4) is 11.1 Å². The summed E-state index contributed by atoms with van der Waals surface area (Å²) in [6.45, 7) is 2.00. The van der Waals surface area contributed by atoms with Crippen LogP contribution in [0.5, 0.6) is 0 Å². The molecule has 0 atom stereocenters. The number of carbonyl (C=O) groups is 2. The molecule has 0 unspecified atom stereocenters. The number of hydrogen-bond donors (Lipinski definition) is 0. The van der Waals surface area contributed by atoms with Crippen LogP contribution < -0.4 is 4.90 Å². The van der Waals surface area contributed by atoms with Crippen molar-refractivity contribution >= 4 is 40.1 Å². The van der Waals surface area contributed by atoms with Gasteiger partial charge in [-0.1, -0.05) is 29.8 Å². The highest BCUT2D eigenvalue weighted by Crippen LogP contribution is 2.36. The summed E-state index contributed by atoms with van der Waals surface area (Å²) in [5.41, 5.74) is 3.78. The molecule has 2 heterocycles. The zero-order valence-corrected chi connectivity index (χ0v) is 14.7. The van der Waals surface area contributed by atoms with Gasteiger partial charge in [0.15, 0.2) is 0 Å². The lowest BCUT2D eigenvalue weighted by Gasteiger charge is -2.14. The minimum absolute atomic E-state index is 0.178. The first-order valence-corrected chi connectivity index (χ1v) is 8.43.